The molecule has 9 heteroatoms. The van der Waals surface area contributed by atoms with E-state index in [1.54, 1.807) is 16.8 Å². The van der Waals surface area contributed by atoms with Crippen LogP contribution in [-0.2, 0) is 4.74 Å². The van der Waals surface area contributed by atoms with Gasteiger partial charge >= 0.3 is 0 Å². The van der Waals surface area contributed by atoms with Crippen LogP contribution in [0.1, 0.15) is 22.8 Å². The summed E-state index contributed by atoms with van der Waals surface area (Å²) >= 11 is 5.76. The topological polar surface area (TPSA) is 119 Å². The van der Waals surface area contributed by atoms with Crippen molar-refractivity contribution in [3.63, 3.8) is 0 Å². The highest BCUT2D eigenvalue weighted by atomic mass is 35.5. The number of halogens is 1. The fraction of sp³-hybridized carbons (Fsp3) is 0.333. The van der Waals surface area contributed by atoms with Gasteiger partial charge in [-0.15, -0.1) is 0 Å². The summed E-state index contributed by atoms with van der Waals surface area (Å²) < 4.78 is 7.00. The van der Waals surface area contributed by atoms with Crippen LogP contribution < -0.4 is 11.1 Å². The lowest BCUT2D eigenvalue weighted by Crippen LogP contribution is -2.29. The van der Waals surface area contributed by atoms with Gasteiger partial charge in [-0.1, -0.05) is 11.6 Å². The van der Waals surface area contributed by atoms with Crippen molar-refractivity contribution in [3.8, 4) is 6.07 Å². The molecule has 1 aliphatic heterocycles. The number of hydrogen-bond acceptors (Lipinski definition) is 6. The molecule has 3 N–H and O–H groups in total. The Kier molecular flexibility index (Phi) is 4.64. The number of amides is 1. The molecule has 2 atom stereocenters. The van der Waals surface area contributed by atoms with E-state index in [2.05, 4.69) is 21.5 Å². The highest BCUT2D eigenvalue weighted by Gasteiger charge is 2.29. The van der Waals surface area contributed by atoms with Gasteiger partial charge in [0.15, 0.2) is 5.82 Å². The Bertz CT molecular complexity index is 782. The lowest BCUT2D eigenvalue weighted by molar-refractivity contribution is 0.0342. The standard InChI is InChI=1S/C15H15ClN6O2/c16-13-2-1-10(6-19-13)20-15-11(14(18)23)7-22(21-15)12-8-24-4-3-9(12)5-17/h1-2,6-7,9,12H,3-4,8H2,(H2,18,23)(H,20,21). The number of carbonyl (C=O) groups excluding carboxylic acids is 1. The molecule has 0 aliphatic carbocycles. The molecule has 0 aromatic carbocycles. The van der Waals surface area contributed by atoms with Crippen LogP contribution in [0.4, 0.5) is 11.5 Å². The van der Waals surface area contributed by atoms with E-state index in [1.807, 2.05) is 0 Å². The molecule has 0 spiro atoms. The van der Waals surface area contributed by atoms with E-state index in [0.29, 0.717) is 36.3 Å². The first-order valence-corrected chi connectivity index (χ1v) is 7.71. The molecule has 8 nitrogen and oxygen atoms in total. The first kappa shape index (κ1) is 16.2. The van der Waals surface area contributed by atoms with Crippen LogP contribution in [-0.4, -0.2) is 33.9 Å². The SMILES string of the molecule is N#CC1CCOCC1n1cc(C(N)=O)c(Nc2ccc(Cl)nc2)n1. The molecule has 1 saturated heterocycles. The lowest BCUT2D eigenvalue weighted by atomic mass is 9.97. The molecule has 2 unspecified atom stereocenters. The molecule has 24 heavy (non-hydrogen) atoms. The van der Waals surface area contributed by atoms with Crippen molar-refractivity contribution in [2.24, 2.45) is 11.7 Å². The molecular formula is C15H15ClN6O2. The quantitative estimate of drug-likeness (QED) is 0.816. The van der Waals surface area contributed by atoms with Gasteiger partial charge in [0.25, 0.3) is 5.91 Å². The summed E-state index contributed by atoms with van der Waals surface area (Å²) in [4.78, 5) is 15.7. The van der Waals surface area contributed by atoms with E-state index in [-0.39, 0.29) is 17.5 Å². The van der Waals surface area contributed by atoms with Gasteiger partial charge in [-0.2, -0.15) is 10.4 Å². The van der Waals surface area contributed by atoms with Gasteiger partial charge in [-0.25, -0.2) is 4.98 Å². The average Bonchev–Trinajstić information content (AvgIpc) is 3.01. The summed E-state index contributed by atoms with van der Waals surface area (Å²) in [5.41, 5.74) is 6.28. The van der Waals surface area contributed by atoms with E-state index < -0.39 is 5.91 Å². The lowest BCUT2D eigenvalue weighted by Gasteiger charge is -2.26. The number of nitrogens with zero attached hydrogens (tertiary/aromatic N) is 4. The van der Waals surface area contributed by atoms with E-state index in [9.17, 15) is 10.1 Å². The van der Waals surface area contributed by atoms with Crippen molar-refractivity contribution in [1.82, 2.24) is 14.8 Å². The first-order valence-electron chi connectivity index (χ1n) is 7.33. The van der Waals surface area contributed by atoms with Gasteiger partial charge in [0.1, 0.15) is 10.7 Å². The Labute approximate surface area is 143 Å². The molecule has 1 fully saturated rings. The zero-order chi connectivity index (χ0) is 17.1. The largest absolute Gasteiger partial charge is 0.379 e. The van der Waals surface area contributed by atoms with Crippen LogP contribution in [0.15, 0.2) is 24.5 Å². The number of nitrogens with one attached hydrogen (secondary N) is 1. The van der Waals surface area contributed by atoms with Crippen molar-refractivity contribution in [1.29, 1.82) is 5.26 Å². The van der Waals surface area contributed by atoms with Gasteiger partial charge < -0.3 is 15.8 Å². The van der Waals surface area contributed by atoms with Gasteiger partial charge in [0.05, 0.1) is 36.5 Å². The maximum Gasteiger partial charge on any atom is 0.254 e. The molecule has 3 rings (SSSR count). The second-order valence-electron chi connectivity index (χ2n) is 5.40. The Morgan fingerprint density at radius 2 is 2.38 bits per heavy atom. The molecule has 2 aromatic rings. The van der Waals surface area contributed by atoms with Gasteiger partial charge in [0.2, 0.25) is 0 Å². The van der Waals surface area contributed by atoms with Crippen LogP contribution in [0.5, 0.6) is 0 Å². The van der Waals surface area contributed by atoms with Gasteiger partial charge in [-0.3, -0.25) is 9.48 Å². The third-order valence-electron chi connectivity index (χ3n) is 3.82. The number of rotatable bonds is 4. The van der Waals surface area contributed by atoms with Crippen molar-refractivity contribution in [2.75, 3.05) is 18.5 Å². The number of carbonyl (C=O) groups is 1. The zero-order valence-electron chi connectivity index (χ0n) is 12.6. The number of ether oxygens (including phenoxy) is 1. The minimum atomic E-state index is -0.615. The Hall–Kier alpha value is -2.63. The molecule has 0 radical (unpaired) electrons. The zero-order valence-corrected chi connectivity index (χ0v) is 13.4. The van der Waals surface area contributed by atoms with Gasteiger partial charge in [0, 0.05) is 12.8 Å². The third kappa shape index (κ3) is 3.32. The van der Waals surface area contributed by atoms with Crippen LogP contribution in [0.2, 0.25) is 5.15 Å². The highest BCUT2D eigenvalue weighted by Crippen LogP contribution is 2.28. The number of anilines is 2. The first-order chi connectivity index (χ1) is 11.6. The average molecular weight is 347 g/mol. The molecule has 0 bridgehead atoms. The number of nitrogens with two attached hydrogens (primary N) is 1. The number of primary amides is 1. The minimum Gasteiger partial charge on any atom is -0.379 e. The molecule has 0 saturated carbocycles. The van der Waals surface area contributed by atoms with Crippen LogP contribution >= 0.6 is 11.6 Å². The molecule has 1 aliphatic rings. The monoisotopic (exact) mass is 346 g/mol. The summed E-state index contributed by atoms with van der Waals surface area (Å²) in [5.74, 6) is -0.547. The minimum absolute atomic E-state index is 0.229. The van der Waals surface area contributed by atoms with E-state index >= 15 is 0 Å². The predicted molar refractivity (Wildman–Crippen MR) is 86.9 cm³/mol. The Morgan fingerprint density at radius 1 is 1.54 bits per heavy atom. The number of nitriles is 1. The summed E-state index contributed by atoms with van der Waals surface area (Å²) in [5, 5.41) is 17.0. The van der Waals surface area contributed by atoms with E-state index in [4.69, 9.17) is 22.1 Å². The number of aromatic nitrogens is 3. The Morgan fingerprint density at radius 3 is 3.04 bits per heavy atom. The second-order valence-corrected chi connectivity index (χ2v) is 5.78. The fourth-order valence-electron chi connectivity index (χ4n) is 2.55. The van der Waals surface area contributed by atoms with E-state index in [0.717, 1.165) is 0 Å². The third-order valence-corrected chi connectivity index (χ3v) is 4.04. The Balaban J connectivity index is 1.91. The summed E-state index contributed by atoms with van der Waals surface area (Å²) in [6.07, 6.45) is 3.68. The van der Waals surface area contributed by atoms with Crippen molar-refractivity contribution in [3.05, 3.63) is 35.2 Å². The maximum absolute atomic E-state index is 11.7. The molecule has 2 aromatic heterocycles. The fourth-order valence-corrected chi connectivity index (χ4v) is 2.67. The summed E-state index contributed by atoms with van der Waals surface area (Å²) in [7, 11) is 0. The highest BCUT2D eigenvalue weighted by molar-refractivity contribution is 6.29. The molecule has 124 valence electrons. The summed E-state index contributed by atoms with van der Waals surface area (Å²) in [6, 6.07) is 5.33. The van der Waals surface area contributed by atoms with Crippen LogP contribution in [0.3, 0.4) is 0 Å². The van der Waals surface area contributed by atoms with Crippen LogP contribution in [0, 0.1) is 17.2 Å². The summed E-state index contributed by atoms with van der Waals surface area (Å²) in [6.45, 7) is 0.903. The normalized spacial score (nSPS) is 20.3. The van der Waals surface area contributed by atoms with Crippen molar-refractivity contribution < 1.29 is 9.53 Å². The second kappa shape index (κ2) is 6.86. The number of pyridine rings is 1. The predicted octanol–water partition coefficient (Wildman–Crippen LogP) is 1.88. The van der Waals surface area contributed by atoms with Gasteiger partial charge in [-0.05, 0) is 18.6 Å². The maximum atomic E-state index is 11.7. The number of hydrogen-bond donors (Lipinski definition) is 2. The van der Waals surface area contributed by atoms with Crippen LogP contribution in [0.25, 0.3) is 0 Å². The van der Waals surface area contributed by atoms with Crippen molar-refractivity contribution in [2.45, 2.75) is 12.5 Å². The smallest absolute Gasteiger partial charge is 0.254 e. The van der Waals surface area contributed by atoms with E-state index in [1.165, 1.54) is 12.4 Å². The molecule has 3 heterocycles. The molecular weight excluding hydrogens is 332 g/mol. The molecule has 1 amide bonds. The van der Waals surface area contributed by atoms with Crippen molar-refractivity contribution >= 4 is 29.0 Å².